The van der Waals surface area contributed by atoms with Gasteiger partial charge < -0.3 is 10.5 Å². The van der Waals surface area contributed by atoms with Crippen LogP contribution in [0.1, 0.15) is 18.4 Å². The fraction of sp³-hybridized carbons (Fsp3) is 0.538. The first-order valence-corrected chi connectivity index (χ1v) is 6.66. The Morgan fingerprint density at radius 3 is 2.65 bits per heavy atom. The van der Waals surface area contributed by atoms with Gasteiger partial charge in [-0.05, 0) is 48.9 Å². The van der Waals surface area contributed by atoms with Gasteiger partial charge in [-0.2, -0.15) is 0 Å². The highest BCUT2D eigenvalue weighted by atomic mass is 79.9. The Morgan fingerprint density at radius 1 is 1.35 bits per heavy atom. The van der Waals surface area contributed by atoms with E-state index in [1.165, 1.54) is 6.07 Å². The second-order valence-electron chi connectivity index (χ2n) is 4.73. The van der Waals surface area contributed by atoms with E-state index in [1.54, 1.807) is 0 Å². The number of hydrogen-bond donors (Lipinski definition) is 1. The lowest BCUT2D eigenvalue weighted by Gasteiger charge is -2.36. The van der Waals surface area contributed by atoms with Crippen LogP contribution in [0, 0.1) is 11.2 Å². The summed E-state index contributed by atoms with van der Waals surface area (Å²) in [5, 5.41) is 0. The molecule has 0 unspecified atom stereocenters. The molecule has 17 heavy (non-hydrogen) atoms. The van der Waals surface area contributed by atoms with Crippen LogP contribution < -0.4 is 5.73 Å². The van der Waals surface area contributed by atoms with E-state index in [0.717, 1.165) is 36.1 Å². The van der Waals surface area contributed by atoms with Gasteiger partial charge in [-0.15, -0.1) is 0 Å². The molecule has 1 heterocycles. The van der Waals surface area contributed by atoms with Gasteiger partial charge in [0, 0.05) is 17.7 Å². The molecule has 0 bridgehead atoms. The average Bonchev–Trinajstić information content (AvgIpc) is 2.34. The van der Waals surface area contributed by atoms with Gasteiger partial charge in [0.25, 0.3) is 0 Å². The molecule has 0 aliphatic carbocycles. The predicted molar refractivity (Wildman–Crippen MR) is 69.3 cm³/mol. The third-order valence-corrected chi connectivity index (χ3v) is 4.06. The van der Waals surface area contributed by atoms with Crippen molar-refractivity contribution in [2.24, 2.45) is 11.1 Å². The Labute approximate surface area is 109 Å². The first-order valence-electron chi connectivity index (χ1n) is 5.87. The molecule has 0 amide bonds. The zero-order valence-corrected chi connectivity index (χ0v) is 11.3. The van der Waals surface area contributed by atoms with Crippen molar-refractivity contribution in [3.63, 3.8) is 0 Å². The highest BCUT2D eigenvalue weighted by Gasteiger charge is 2.32. The van der Waals surface area contributed by atoms with E-state index in [9.17, 15) is 4.39 Å². The number of hydrogen-bond acceptors (Lipinski definition) is 2. The molecule has 0 radical (unpaired) electrons. The van der Waals surface area contributed by atoms with Gasteiger partial charge in [0.15, 0.2) is 0 Å². The molecular weight excluding hydrogens is 285 g/mol. The van der Waals surface area contributed by atoms with Crippen LogP contribution in [0.15, 0.2) is 22.7 Å². The van der Waals surface area contributed by atoms with Gasteiger partial charge in [-0.1, -0.05) is 22.0 Å². The summed E-state index contributed by atoms with van der Waals surface area (Å²) in [6.45, 7) is 2.05. The largest absolute Gasteiger partial charge is 0.381 e. The molecule has 2 rings (SSSR count). The van der Waals surface area contributed by atoms with E-state index < -0.39 is 0 Å². The molecule has 1 aliphatic heterocycles. The van der Waals surface area contributed by atoms with Gasteiger partial charge >= 0.3 is 0 Å². The number of benzene rings is 1. The molecule has 0 spiro atoms. The van der Waals surface area contributed by atoms with Crippen molar-refractivity contribution in [2.75, 3.05) is 19.8 Å². The summed E-state index contributed by atoms with van der Waals surface area (Å²) in [6.07, 6.45) is 2.53. The zero-order valence-electron chi connectivity index (χ0n) is 9.72. The zero-order chi connectivity index (χ0) is 12.3. The molecule has 2 nitrogen and oxygen atoms in total. The van der Waals surface area contributed by atoms with Crippen LogP contribution >= 0.6 is 15.9 Å². The SMILES string of the molecule is NCC1(Cc2ccc(Br)cc2F)CCOCC1. The molecule has 2 N–H and O–H groups in total. The maximum Gasteiger partial charge on any atom is 0.127 e. The van der Waals surface area contributed by atoms with Crippen LogP contribution in [0.25, 0.3) is 0 Å². The van der Waals surface area contributed by atoms with Crippen molar-refractivity contribution < 1.29 is 9.13 Å². The lowest BCUT2D eigenvalue weighted by molar-refractivity contribution is 0.0187. The first-order chi connectivity index (χ1) is 8.15. The van der Waals surface area contributed by atoms with E-state index in [0.29, 0.717) is 13.0 Å². The molecule has 0 atom stereocenters. The van der Waals surface area contributed by atoms with Crippen molar-refractivity contribution >= 4 is 15.9 Å². The van der Waals surface area contributed by atoms with Gasteiger partial charge in [0.05, 0.1) is 0 Å². The fourth-order valence-corrected chi connectivity index (χ4v) is 2.66. The van der Waals surface area contributed by atoms with Crippen LogP contribution in [-0.2, 0) is 11.2 Å². The van der Waals surface area contributed by atoms with Crippen molar-refractivity contribution in [1.29, 1.82) is 0 Å². The molecule has 1 aromatic carbocycles. The molecule has 94 valence electrons. The first kappa shape index (κ1) is 13.0. The van der Waals surface area contributed by atoms with E-state index in [-0.39, 0.29) is 11.2 Å². The monoisotopic (exact) mass is 301 g/mol. The topological polar surface area (TPSA) is 35.2 Å². The van der Waals surface area contributed by atoms with Gasteiger partial charge in [-0.3, -0.25) is 0 Å². The fourth-order valence-electron chi connectivity index (χ4n) is 2.33. The molecule has 1 aromatic rings. The maximum atomic E-state index is 13.8. The van der Waals surface area contributed by atoms with Crippen LogP contribution in [0.3, 0.4) is 0 Å². The van der Waals surface area contributed by atoms with Crippen molar-refractivity contribution in [2.45, 2.75) is 19.3 Å². The maximum absolute atomic E-state index is 13.8. The Bertz CT molecular complexity index is 391. The number of rotatable bonds is 3. The van der Waals surface area contributed by atoms with E-state index in [2.05, 4.69) is 15.9 Å². The number of nitrogens with two attached hydrogens (primary N) is 1. The predicted octanol–water partition coefficient (Wildman–Crippen LogP) is 2.89. The smallest absolute Gasteiger partial charge is 0.127 e. The van der Waals surface area contributed by atoms with Gasteiger partial charge in [0.2, 0.25) is 0 Å². The van der Waals surface area contributed by atoms with Crippen molar-refractivity contribution in [1.82, 2.24) is 0 Å². The Hall–Kier alpha value is -0.450. The summed E-state index contributed by atoms with van der Waals surface area (Å²) in [5.41, 5.74) is 6.64. The lowest BCUT2D eigenvalue weighted by atomic mass is 9.75. The van der Waals surface area contributed by atoms with E-state index in [1.807, 2.05) is 12.1 Å². The minimum atomic E-state index is -0.154. The molecule has 4 heteroatoms. The number of halogens is 2. The summed E-state index contributed by atoms with van der Waals surface area (Å²) >= 11 is 3.27. The van der Waals surface area contributed by atoms with Crippen LogP contribution in [-0.4, -0.2) is 19.8 Å². The summed E-state index contributed by atoms with van der Waals surface area (Å²) in [7, 11) is 0. The van der Waals surface area contributed by atoms with Crippen molar-refractivity contribution in [3.8, 4) is 0 Å². The quantitative estimate of drug-likeness (QED) is 0.932. The highest BCUT2D eigenvalue weighted by Crippen LogP contribution is 2.34. The van der Waals surface area contributed by atoms with Crippen LogP contribution in [0.5, 0.6) is 0 Å². The Morgan fingerprint density at radius 2 is 2.06 bits per heavy atom. The van der Waals surface area contributed by atoms with Crippen molar-refractivity contribution in [3.05, 3.63) is 34.1 Å². The van der Waals surface area contributed by atoms with E-state index in [4.69, 9.17) is 10.5 Å². The second kappa shape index (κ2) is 5.46. The normalized spacial score (nSPS) is 19.2. The lowest BCUT2D eigenvalue weighted by Crippen LogP contribution is -2.38. The minimum absolute atomic E-state index is 0.00686. The van der Waals surface area contributed by atoms with Crippen LogP contribution in [0.4, 0.5) is 4.39 Å². The Balaban J connectivity index is 2.17. The Kier molecular flexibility index (Phi) is 4.17. The van der Waals surface area contributed by atoms with Gasteiger partial charge in [0.1, 0.15) is 5.82 Å². The highest BCUT2D eigenvalue weighted by molar-refractivity contribution is 9.10. The molecule has 1 saturated heterocycles. The van der Waals surface area contributed by atoms with Crippen LogP contribution in [0.2, 0.25) is 0 Å². The summed E-state index contributed by atoms with van der Waals surface area (Å²) in [5.74, 6) is -0.154. The minimum Gasteiger partial charge on any atom is -0.381 e. The molecule has 1 fully saturated rings. The summed E-state index contributed by atoms with van der Waals surface area (Å²) in [6, 6.07) is 5.23. The van der Waals surface area contributed by atoms with E-state index >= 15 is 0 Å². The number of ether oxygens (including phenoxy) is 1. The average molecular weight is 302 g/mol. The molecule has 1 aliphatic rings. The summed E-state index contributed by atoms with van der Waals surface area (Å²) in [4.78, 5) is 0. The molecular formula is C13H17BrFNO. The standard InChI is InChI=1S/C13H17BrFNO/c14-11-2-1-10(12(15)7-11)8-13(9-16)3-5-17-6-4-13/h1-2,7H,3-6,8-9,16H2. The third kappa shape index (κ3) is 3.06. The second-order valence-corrected chi connectivity index (χ2v) is 5.64. The molecule has 0 aromatic heterocycles. The third-order valence-electron chi connectivity index (χ3n) is 3.57. The summed E-state index contributed by atoms with van der Waals surface area (Å²) < 4.78 is 19.9. The molecule has 0 saturated carbocycles. The van der Waals surface area contributed by atoms with Gasteiger partial charge in [-0.25, -0.2) is 4.39 Å².